The number of H-pyrrole nitrogens is 1. The van der Waals surface area contributed by atoms with Crippen LogP contribution in [0.3, 0.4) is 0 Å². The Balaban J connectivity index is 0.00000243. The lowest BCUT2D eigenvalue weighted by atomic mass is 9.87. The largest absolute Gasteiger partial charge is 0.314 e. The van der Waals surface area contributed by atoms with Gasteiger partial charge in [-0.3, -0.25) is 15.2 Å². The molecule has 1 aromatic carbocycles. The van der Waals surface area contributed by atoms with Gasteiger partial charge in [0.1, 0.15) is 0 Å². The maximum atomic E-state index is 12.4. The predicted molar refractivity (Wildman–Crippen MR) is 107 cm³/mol. The van der Waals surface area contributed by atoms with Crippen molar-refractivity contribution in [2.45, 2.75) is 52.0 Å². The first kappa shape index (κ1) is 20.4. The number of aromatic nitrogens is 3. The van der Waals surface area contributed by atoms with Crippen molar-refractivity contribution in [3.05, 3.63) is 29.8 Å². The molecule has 0 saturated carbocycles. The van der Waals surface area contributed by atoms with Gasteiger partial charge in [-0.25, -0.2) is 0 Å². The number of amides is 1. The maximum Gasteiger partial charge on any atom is 0.249 e. The Bertz CT molecular complexity index is 735. The van der Waals surface area contributed by atoms with Gasteiger partial charge in [0.05, 0.1) is 0 Å². The molecule has 7 heteroatoms. The maximum absolute atomic E-state index is 12.4. The summed E-state index contributed by atoms with van der Waals surface area (Å²) in [4.78, 5) is 16.8. The van der Waals surface area contributed by atoms with E-state index in [2.05, 4.69) is 65.6 Å². The standard InChI is InChI=1S/C19H27N5O.ClH/c1-12-11-14(9-10-20-12)17(25)22-18-21-16(23-24-18)13-5-7-15(8-6-13)19(2,3)4;/h5-8,12,14,20H,9-11H2,1-4H3,(H2,21,22,23,24,25);1H/t12-,14-;/m0./s1. The van der Waals surface area contributed by atoms with E-state index in [0.29, 0.717) is 17.8 Å². The number of halogens is 1. The van der Waals surface area contributed by atoms with Crippen LogP contribution >= 0.6 is 12.4 Å². The Morgan fingerprint density at radius 3 is 2.54 bits per heavy atom. The minimum absolute atomic E-state index is 0. The summed E-state index contributed by atoms with van der Waals surface area (Å²) in [7, 11) is 0. The van der Waals surface area contributed by atoms with Gasteiger partial charge in [0.25, 0.3) is 0 Å². The molecule has 1 aromatic heterocycles. The highest BCUT2D eigenvalue weighted by Crippen LogP contribution is 2.25. The number of carbonyl (C=O) groups excluding carboxylic acids is 1. The molecule has 1 fully saturated rings. The first-order valence-electron chi connectivity index (χ1n) is 8.90. The summed E-state index contributed by atoms with van der Waals surface area (Å²) in [6, 6.07) is 8.63. The number of carbonyl (C=O) groups is 1. The first-order valence-corrected chi connectivity index (χ1v) is 8.90. The lowest BCUT2D eigenvalue weighted by molar-refractivity contribution is -0.120. The average molecular weight is 378 g/mol. The Labute approximate surface area is 161 Å². The van der Waals surface area contributed by atoms with Crippen LogP contribution in [0.1, 0.15) is 46.1 Å². The summed E-state index contributed by atoms with van der Waals surface area (Å²) in [5.74, 6) is 1.02. The highest BCUT2D eigenvalue weighted by Gasteiger charge is 2.25. The summed E-state index contributed by atoms with van der Waals surface area (Å²) >= 11 is 0. The van der Waals surface area contributed by atoms with E-state index >= 15 is 0 Å². The van der Waals surface area contributed by atoms with Crippen LogP contribution in [-0.4, -0.2) is 33.7 Å². The molecule has 2 heterocycles. The smallest absolute Gasteiger partial charge is 0.249 e. The number of hydrogen-bond donors (Lipinski definition) is 3. The lowest BCUT2D eigenvalue weighted by Crippen LogP contribution is -2.40. The SMILES string of the molecule is C[C@H]1C[C@@H](C(=O)Nc2n[nH]c(-c3ccc(C(C)(C)C)cc3)n2)CCN1.Cl. The van der Waals surface area contributed by atoms with Crippen molar-refractivity contribution in [1.82, 2.24) is 20.5 Å². The third kappa shape index (κ3) is 4.83. The summed E-state index contributed by atoms with van der Waals surface area (Å²) in [6.07, 6.45) is 1.69. The Morgan fingerprint density at radius 2 is 1.92 bits per heavy atom. The van der Waals surface area contributed by atoms with Crippen molar-refractivity contribution in [3.63, 3.8) is 0 Å². The van der Waals surface area contributed by atoms with E-state index in [4.69, 9.17) is 0 Å². The van der Waals surface area contributed by atoms with Gasteiger partial charge in [-0.05, 0) is 37.3 Å². The molecule has 1 amide bonds. The van der Waals surface area contributed by atoms with Crippen molar-refractivity contribution in [2.75, 3.05) is 11.9 Å². The van der Waals surface area contributed by atoms with Crippen LogP contribution < -0.4 is 10.6 Å². The summed E-state index contributed by atoms with van der Waals surface area (Å²) in [5.41, 5.74) is 2.34. The minimum Gasteiger partial charge on any atom is -0.314 e. The fraction of sp³-hybridized carbons (Fsp3) is 0.526. The zero-order valence-corrected chi connectivity index (χ0v) is 16.6. The quantitative estimate of drug-likeness (QED) is 0.764. The number of anilines is 1. The molecule has 3 rings (SSSR count). The molecule has 1 aliphatic rings. The van der Waals surface area contributed by atoms with Crippen LogP contribution in [0.15, 0.2) is 24.3 Å². The van der Waals surface area contributed by atoms with Crippen molar-refractivity contribution in [2.24, 2.45) is 5.92 Å². The van der Waals surface area contributed by atoms with Gasteiger partial charge < -0.3 is 5.32 Å². The van der Waals surface area contributed by atoms with Crippen LogP contribution in [0.2, 0.25) is 0 Å². The molecule has 2 aromatic rings. The molecule has 0 aliphatic carbocycles. The second kappa shape index (κ2) is 8.18. The first-order chi connectivity index (χ1) is 11.8. The normalized spacial score (nSPS) is 20.3. The molecule has 0 bridgehead atoms. The van der Waals surface area contributed by atoms with Gasteiger partial charge in [0, 0.05) is 17.5 Å². The number of benzene rings is 1. The zero-order chi connectivity index (χ0) is 18.0. The van der Waals surface area contributed by atoms with E-state index in [1.54, 1.807) is 0 Å². The van der Waals surface area contributed by atoms with Crippen molar-refractivity contribution >= 4 is 24.3 Å². The monoisotopic (exact) mass is 377 g/mol. The number of hydrogen-bond acceptors (Lipinski definition) is 4. The van der Waals surface area contributed by atoms with Crippen LogP contribution in [0.25, 0.3) is 11.4 Å². The molecule has 26 heavy (non-hydrogen) atoms. The molecule has 1 aliphatic heterocycles. The molecule has 0 radical (unpaired) electrons. The highest BCUT2D eigenvalue weighted by molar-refractivity contribution is 5.91. The highest BCUT2D eigenvalue weighted by atomic mass is 35.5. The summed E-state index contributed by atoms with van der Waals surface area (Å²) < 4.78 is 0. The van der Waals surface area contributed by atoms with Crippen LogP contribution in [0, 0.1) is 5.92 Å². The van der Waals surface area contributed by atoms with Crippen LogP contribution in [0.4, 0.5) is 5.95 Å². The number of rotatable bonds is 3. The Kier molecular flexibility index (Phi) is 6.42. The predicted octanol–water partition coefficient (Wildman–Crippen LogP) is 3.52. The molecule has 142 valence electrons. The van der Waals surface area contributed by atoms with Gasteiger partial charge >= 0.3 is 0 Å². The van der Waals surface area contributed by atoms with E-state index in [9.17, 15) is 4.79 Å². The van der Waals surface area contributed by atoms with Gasteiger partial charge in [-0.15, -0.1) is 17.5 Å². The van der Waals surface area contributed by atoms with E-state index in [0.717, 1.165) is 24.9 Å². The van der Waals surface area contributed by atoms with E-state index in [-0.39, 0.29) is 29.6 Å². The topological polar surface area (TPSA) is 82.7 Å². The third-order valence-corrected chi connectivity index (χ3v) is 4.74. The van der Waals surface area contributed by atoms with Crippen molar-refractivity contribution < 1.29 is 4.79 Å². The van der Waals surface area contributed by atoms with Crippen LogP contribution in [0.5, 0.6) is 0 Å². The lowest BCUT2D eigenvalue weighted by Gasteiger charge is -2.26. The molecular weight excluding hydrogens is 350 g/mol. The Hall–Kier alpha value is -1.92. The minimum atomic E-state index is 0. The van der Waals surface area contributed by atoms with Crippen LogP contribution in [-0.2, 0) is 10.2 Å². The van der Waals surface area contributed by atoms with E-state index in [1.807, 2.05) is 12.1 Å². The van der Waals surface area contributed by atoms with Gasteiger partial charge in [-0.2, -0.15) is 4.98 Å². The third-order valence-electron chi connectivity index (χ3n) is 4.74. The molecule has 2 atom stereocenters. The van der Waals surface area contributed by atoms with E-state index < -0.39 is 0 Å². The molecule has 3 N–H and O–H groups in total. The summed E-state index contributed by atoms with van der Waals surface area (Å²) in [6.45, 7) is 9.54. The van der Waals surface area contributed by atoms with Gasteiger partial charge in [0.2, 0.25) is 11.9 Å². The molecule has 1 saturated heterocycles. The van der Waals surface area contributed by atoms with Gasteiger partial charge in [-0.1, -0.05) is 45.0 Å². The summed E-state index contributed by atoms with van der Waals surface area (Å²) in [5, 5.41) is 13.2. The van der Waals surface area contributed by atoms with Crippen molar-refractivity contribution in [1.29, 1.82) is 0 Å². The van der Waals surface area contributed by atoms with E-state index in [1.165, 1.54) is 5.56 Å². The second-order valence-corrected chi connectivity index (χ2v) is 7.90. The molecule has 0 unspecified atom stereocenters. The number of nitrogens with zero attached hydrogens (tertiary/aromatic N) is 2. The second-order valence-electron chi connectivity index (χ2n) is 7.90. The molecular formula is C19H28ClN5O. The number of nitrogens with one attached hydrogen (secondary N) is 3. The fourth-order valence-electron chi connectivity index (χ4n) is 3.16. The average Bonchev–Trinajstić information content (AvgIpc) is 3.02. The molecule has 0 spiro atoms. The number of aromatic amines is 1. The van der Waals surface area contributed by atoms with Crippen molar-refractivity contribution in [3.8, 4) is 11.4 Å². The fourth-order valence-corrected chi connectivity index (χ4v) is 3.16. The van der Waals surface area contributed by atoms with Gasteiger partial charge in [0.15, 0.2) is 5.82 Å². The number of piperidine rings is 1. The Morgan fingerprint density at radius 1 is 1.23 bits per heavy atom. The molecule has 6 nitrogen and oxygen atoms in total. The zero-order valence-electron chi connectivity index (χ0n) is 15.8.